The topological polar surface area (TPSA) is 123 Å². The van der Waals surface area contributed by atoms with E-state index in [1.807, 2.05) is 0 Å². The summed E-state index contributed by atoms with van der Waals surface area (Å²) in [7, 11) is 0. The van der Waals surface area contributed by atoms with Crippen LogP contribution in [0.1, 0.15) is 11.4 Å². The molecule has 1 aliphatic heterocycles. The maximum atomic E-state index is 11.3. The fourth-order valence-corrected chi connectivity index (χ4v) is 2.00. The van der Waals surface area contributed by atoms with E-state index in [2.05, 4.69) is 25.3 Å². The summed E-state index contributed by atoms with van der Waals surface area (Å²) < 4.78 is 4.58. The Morgan fingerprint density at radius 3 is 3.05 bits per heavy atom. The molecule has 1 amide bonds. The van der Waals surface area contributed by atoms with Gasteiger partial charge in [0.15, 0.2) is 5.82 Å². The molecule has 1 aliphatic rings. The number of hydrogen-bond donors (Lipinski definition) is 2. The zero-order chi connectivity index (χ0) is 14.1. The van der Waals surface area contributed by atoms with Gasteiger partial charge in [-0.1, -0.05) is 5.16 Å². The molecule has 9 nitrogen and oxygen atoms in total. The quantitative estimate of drug-likeness (QED) is 0.632. The van der Waals surface area contributed by atoms with Crippen LogP contribution in [-0.2, 0) is 17.8 Å². The molecule has 2 N–H and O–H groups in total. The summed E-state index contributed by atoms with van der Waals surface area (Å²) in [5, 5.41) is 20.2. The Bertz CT molecular complexity index is 682. The summed E-state index contributed by atoms with van der Waals surface area (Å²) in [4.78, 5) is 25.7. The SMILES string of the molecule is O=C1Cc2cc([N+](=O)[O-])c(NCc3ncon3)cc2N1. The van der Waals surface area contributed by atoms with Crippen LogP contribution in [-0.4, -0.2) is 21.0 Å². The third-order valence-electron chi connectivity index (χ3n) is 2.89. The number of carbonyl (C=O) groups excluding carboxylic acids is 1. The minimum Gasteiger partial charge on any atom is -0.372 e. The van der Waals surface area contributed by atoms with Crippen molar-refractivity contribution in [3.05, 3.63) is 40.0 Å². The van der Waals surface area contributed by atoms with Gasteiger partial charge in [-0.05, 0) is 11.6 Å². The molecule has 102 valence electrons. The Labute approximate surface area is 112 Å². The minimum atomic E-state index is -0.498. The number of fused-ring (bicyclic) bond motifs is 1. The average Bonchev–Trinajstić information content (AvgIpc) is 3.02. The largest absolute Gasteiger partial charge is 0.372 e. The lowest BCUT2D eigenvalue weighted by Crippen LogP contribution is -2.05. The average molecular weight is 275 g/mol. The van der Waals surface area contributed by atoms with Crippen molar-refractivity contribution in [2.45, 2.75) is 13.0 Å². The smallest absolute Gasteiger partial charge is 0.292 e. The number of nitro groups is 1. The van der Waals surface area contributed by atoms with Crippen molar-refractivity contribution in [2.75, 3.05) is 10.6 Å². The van der Waals surface area contributed by atoms with E-state index in [1.165, 1.54) is 12.5 Å². The number of anilines is 2. The van der Waals surface area contributed by atoms with Gasteiger partial charge in [0.1, 0.15) is 5.69 Å². The predicted molar refractivity (Wildman–Crippen MR) is 67.1 cm³/mol. The number of hydrogen-bond acceptors (Lipinski definition) is 7. The molecule has 1 aromatic heterocycles. The van der Waals surface area contributed by atoms with E-state index in [0.717, 1.165) is 0 Å². The highest BCUT2D eigenvalue weighted by Crippen LogP contribution is 2.34. The van der Waals surface area contributed by atoms with Crippen LogP contribution >= 0.6 is 0 Å². The first kappa shape index (κ1) is 12.1. The number of amides is 1. The van der Waals surface area contributed by atoms with E-state index < -0.39 is 4.92 Å². The van der Waals surface area contributed by atoms with Crippen LogP contribution in [0.25, 0.3) is 0 Å². The van der Waals surface area contributed by atoms with E-state index in [1.54, 1.807) is 6.07 Å². The zero-order valence-electron chi connectivity index (χ0n) is 10.1. The molecule has 0 radical (unpaired) electrons. The summed E-state index contributed by atoms with van der Waals surface area (Å²) in [5.74, 6) is 0.202. The Morgan fingerprint density at radius 1 is 1.50 bits per heavy atom. The third-order valence-corrected chi connectivity index (χ3v) is 2.89. The molecule has 20 heavy (non-hydrogen) atoms. The highest BCUT2D eigenvalue weighted by atomic mass is 16.6. The Balaban J connectivity index is 1.90. The number of rotatable bonds is 4. The van der Waals surface area contributed by atoms with Gasteiger partial charge in [-0.15, -0.1) is 0 Å². The number of nitrogens with one attached hydrogen (secondary N) is 2. The summed E-state index contributed by atoms with van der Waals surface area (Å²) in [6.45, 7) is 0.185. The molecule has 2 heterocycles. The number of nitro benzene ring substituents is 1. The Kier molecular flexibility index (Phi) is 2.78. The van der Waals surface area contributed by atoms with Crippen molar-refractivity contribution in [1.82, 2.24) is 10.1 Å². The fraction of sp³-hybridized carbons (Fsp3) is 0.182. The van der Waals surface area contributed by atoms with Crippen LogP contribution in [0.4, 0.5) is 17.1 Å². The molecule has 0 spiro atoms. The number of benzene rings is 1. The fourth-order valence-electron chi connectivity index (χ4n) is 2.00. The van der Waals surface area contributed by atoms with Crippen molar-refractivity contribution in [1.29, 1.82) is 0 Å². The van der Waals surface area contributed by atoms with Gasteiger partial charge in [-0.2, -0.15) is 4.98 Å². The van der Waals surface area contributed by atoms with Gasteiger partial charge >= 0.3 is 0 Å². The molecule has 0 saturated carbocycles. The molecule has 0 fully saturated rings. The first-order chi connectivity index (χ1) is 9.63. The molecule has 9 heteroatoms. The van der Waals surface area contributed by atoms with Crippen LogP contribution in [0.5, 0.6) is 0 Å². The van der Waals surface area contributed by atoms with Crippen molar-refractivity contribution in [2.24, 2.45) is 0 Å². The van der Waals surface area contributed by atoms with Gasteiger partial charge in [-0.3, -0.25) is 14.9 Å². The van der Waals surface area contributed by atoms with Gasteiger partial charge in [0, 0.05) is 11.8 Å². The standard InChI is InChI=1S/C11H9N5O4/c17-11-2-6-1-9(16(18)19)8(3-7(6)14-11)12-4-10-13-5-20-15-10/h1,3,5,12H,2,4H2,(H,14,17). The molecular weight excluding hydrogens is 266 g/mol. The molecule has 0 atom stereocenters. The van der Waals surface area contributed by atoms with Gasteiger partial charge in [0.05, 0.1) is 17.9 Å². The maximum absolute atomic E-state index is 11.3. The van der Waals surface area contributed by atoms with Gasteiger partial charge in [0.2, 0.25) is 12.3 Å². The normalized spacial score (nSPS) is 12.9. The Hall–Kier alpha value is -2.97. The van der Waals surface area contributed by atoms with Crippen LogP contribution in [0.2, 0.25) is 0 Å². The minimum absolute atomic E-state index is 0.0938. The Morgan fingerprint density at radius 2 is 2.35 bits per heavy atom. The second kappa shape index (κ2) is 4.61. The monoisotopic (exact) mass is 275 g/mol. The highest BCUT2D eigenvalue weighted by molar-refractivity contribution is 6.00. The van der Waals surface area contributed by atoms with Gasteiger partial charge in [0.25, 0.3) is 5.69 Å². The molecular formula is C11H9N5O4. The van der Waals surface area contributed by atoms with E-state index in [4.69, 9.17) is 0 Å². The first-order valence-corrected chi connectivity index (χ1v) is 5.74. The third kappa shape index (κ3) is 2.16. The van der Waals surface area contributed by atoms with Crippen molar-refractivity contribution >= 4 is 23.0 Å². The van der Waals surface area contributed by atoms with Crippen LogP contribution in [0.3, 0.4) is 0 Å². The van der Waals surface area contributed by atoms with Crippen LogP contribution in [0.15, 0.2) is 23.0 Å². The predicted octanol–water partition coefficient (Wildman–Crippen LogP) is 1.08. The highest BCUT2D eigenvalue weighted by Gasteiger charge is 2.24. The van der Waals surface area contributed by atoms with Crippen LogP contribution in [0, 0.1) is 10.1 Å². The van der Waals surface area contributed by atoms with Gasteiger partial charge in [-0.25, -0.2) is 0 Å². The second-order valence-corrected chi connectivity index (χ2v) is 4.21. The summed E-state index contributed by atoms with van der Waals surface area (Å²) >= 11 is 0. The second-order valence-electron chi connectivity index (χ2n) is 4.21. The van der Waals surface area contributed by atoms with E-state index in [0.29, 0.717) is 22.8 Å². The van der Waals surface area contributed by atoms with E-state index >= 15 is 0 Å². The first-order valence-electron chi connectivity index (χ1n) is 5.74. The summed E-state index contributed by atoms with van der Waals surface area (Å²) in [5.41, 5.74) is 1.40. The molecule has 0 bridgehead atoms. The van der Waals surface area contributed by atoms with Crippen molar-refractivity contribution in [3.63, 3.8) is 0 Å². The maximum Gasteiger partial charge on any atom is 0.292 e. The molecule has 0 saturated heterocycles. The van der Waals surface area contributed by atoms with E-state index in [9.17, 15) is 14.9 Å². The lowest BCUT2D eigenvalue weighted by atomic mass is 10.1. The molecule has 1 aromatic carbocycles. The molecule has 0 aliphatic carbocycles. The molecule has 0 unspecified atom stereocenters. The summed E-state index contributed by atoms with van der Waals surface area (Å²) in [6.07, 6.45) is 1.33. The van der Waals surface area contributed by atoms with Crippen molar-refractivity contribution in [3.8, 4) is 0 Å². The summed E-state index contributed by atoms with van der Waals surface area (Å²) in [6, 6.07) is 2.93. The molecule has 3 rings (SSSR count). The number of nitrogens with zero attached hydrogens (tertiary/aromatic N) is 3. The van der Waals surface area contributed by atoms with Gasteiger partial charge < -0.3 is 15.2 Å². The number of aromatic nitrogens is 2. The lowest BCUT2D eigenvalue weighted by molar-refractivity contribution is -0.384. The lowest BCUT2D eigenvalue weighted by Gasteiger charge is -2.07. The van der Waals surface area contributed by atoms with Crippen molar-refractivity contribution < 1.29 is 14.2 Å². The number of carbonyl (C=O) groups is 1. The zero-order valence-corrected chi connectivity index (χ0v) is 10.1. The van der Waals surface area contributed by atoms with E-state index in [-0.39, 0.29) is 24.6 Å². The molecule has 2 aromatic rings. The van der Waals surface area contributed by atoms with Crippen LogP contribution < -0.4 is 10.6 Å².